The number of aromatic nitrogens is 1. The van der Waals surface area contributed by atoms with Crippen molar-refractivity contribution in [3.63, 3.8) is 0 Å². The molecule has 6 heteroatoms. The zero-order valence-corrected chi connectivity index (χ0v) is 12.3. The largest absolute Gasteiger partial charge is 0.465 e. The normalized spacial score (nSPS) is 22.4. The van der Waals surface area contributed by atoms with Crippen molar-refractivity contribution in [2.24, 2.45) is 5.92 Å². The minimum Gasteiger partial charge on any atom is -0.465 e. The van der Waals surface area contributed by atoms with E-state index in [1.807, 2.05) is 0 Å². The van der Waals surface area contributed by atoms with Crippen LogP contribution in [0.4, 0.5) is 10.2 Å². The summed E-state index contributed by atoms with van der Waals surface area (Å²) in [7, 11) is 1.21. The number of hydrogen-bond donors (Lipinski definition) is 1. The van der Waals surface area contributed by atoms with Crippen LogP contribution in [0, 0.1) is 11.7 Å². The van der Waals surface area contributed by atoms with E-state index in [0.29, 0.717) is 5.92 Å². The topological polar surface area (TPSA) is 51.2 Å². The Morgan fingerprint density at radius 3 is 2.85 bits per heavy atom. The van der Waals surface area contributed by atoms with E-state index in [2.05, 4.69) is 22.0 Å². The highest BCUT2D eigenvalue weighted by molar-refractivity contribution is 6.32. The van der Waals surface area contributed by atoms with Crippen molar-refractivity contribution < 1.29 is 13.9 Å². The van der Waals surface area contributed by atoms with Crippen LogP contribution in [0.15, 0.2) is 6.07 Å². The van der Waals surface area contributed by atoms with E-state index in [4.69, 9.17) is 11.6 Å². The Labute approximate surface area is 122 Å². The lowest BCUT2D eigenvalue weighted by atomic mass is 9.86. The predicted octanol–water partition coefficient (Wildman–Crippen LogP) is 3.65. The summed E-state index contributed by atoms with van der Waals surface area (Å²) in [5.41, 5.74) is -0.0612. The first-order valence-corrected chi connectivity index (χ1v) is 7.11. The second-order valence-electron chi connectivity index (χ2n) is 5.16. The molecule has 1 N–H and O–H groups in total. The first-order chi connectivity index (χ1) is 9.52. The predicted molar refractivity (Wildman–Crippen MR) is 75.6 cm³/mol. The van der Waals surface area contributed by atoms with Gasteiger partial charge in [0.2, 0.25) is 0 Å². The number of carbonyl (C=O) groups is 1. The van der Waals surface area contributed by atoms with Crippen LogP contribution in [0.2, 0.25) is 5.15 Å². The number of methoxy groups -OCH3 is 1. The molecule has 20 heavy (non-hydrogen) atoms. The van der Waals surface area contributed by atoms with E-state index >= 15 is 0 Å². The maximum Gasteiger partial charge on any atom is 0.341 e. The third-order valence-electron chi connectivity index (χ3n) is 3.77. The van der Waals surface area contributed by atoms with Crippen LogP contribution in [0.25, 0.3) is 0 Å². The van der Waals surface area contributed by atoms with Crippen molar-refractivity contribution in [3.05, 3.63) is 22.6 Å². The van der Waals surface area contributed by atoms with E-state index in [-0.39, 0.29) is 22.6 Å². The first kappa shape index (κ1) is 15.0. The highest BCUT2D eigenvalue weighted by Crippen LogP contribution is 2.28. The van der Waals surface area contributed by atoms with Crippen molar-refractivity contribution >= 4 is 23.4 Å². The van der Waals surface area contributed by atoms with Crippen LogP contribution < -0.4 is 5.32 Å². The number of halogens is 2. The molecule has 0 bridgehead atoms. The van der Waals surface area contributed by atoms with Gasteiger partial charge < -0.3 is 10.1 Å². The van der Waals surface area contributed by atoms with Gasteiger partial charge in [0.25, 0.3) is 0 Å². The quantitative estimate of drug-likeness (QED) is 0.684. The average molecular weight is 301 g/mol. The number of ether oxygens (including phenoxy) is 1. The van der Waals surface area contributed by atoms with Crippen LogP contribution in [0.5, 0.6) is 0 Å². The molecule has 1 aliphatic rings. The molecule has 1 aromatic rings. The molecule has 0 aromatic carbocycles. The average Bonchev–Trinajstić information content (AvgIpc) is 2.44. The highest BCUT2D eigenvalue weighted by atomic mass is 35.5. The van der Waals surface area contributed by atoms with Gasteiger partial charge >= 0.3 is 5.97 Å². The maximum absolute atomic E-state index is 14.0. The molecule has 1 aromatic heterocycles. The Balaban J connectivity index is 2.20. The molecule has 0 amide bonds. The first-order valence-electron chi connectivity index (χ1n) is 6.73. The van der Waals surface area contributed by atoms with Gasteiger partial charge in [-0.3, -0.25) is 0 Å². The van der Waals surface area contributed by atoms with Crippen molar-refractivity contribution in [3.8, 4) is 0 Å². The van der Waals surface area contributed by atoms with E-state index in [1.165, 1.54) is 13.5 Å². The minimum absolute atomic E-state index is 0.0517. The zero-order chi connectivity index (χ0) is 14.7. The van der Waals surface area contributed by atoms with Gasteiger partial charge in [-0.2, -0.15) is 0 Å². The molecule has 0 unspecified atom stereocenters. The van der Waals surface area contributed by atoms with Crippen molar-refractivity contribution in [1.82, 2.24) is 4.98 Å². The Morgan fingerprint density at radius 2 is 2.20 bits per heavy atom. The van der Waals surface area contributed by atoms with Gasteiger partial charge in [0.15, 0.2) is 11.6 Å². The summed E-state index contributed by atoms with van der Waals surface area (Å²) in [5, 5.41) is 3.05. The number of anilines is 1. The lowest BCUT2D eigenvalue weighted by Crippen LogP contribution is -2.31. The SMILES string of the molecule is COC(=O)c1cc(F)c(N[C@@H]2CCCC[C@@H]2C)nc1Cl. The van der Waals surface area contributed by atoms with Crippen molar-refractivity contribution in [1.29, 1.82) is 0 Å². The summed E-state index contributed by atoms with van der Waals surface area (Å²) in [6, 6.07) is 1.25. The van der Waals surface area contributed by atoms with Gasteiger partial charge in [-0.15, -0.1) is 0 Å². The fraction of sp³-hybridized carbons (Fsp3) is 0.571. The van der Waals surface area contributed by atoms with E-state index in [9.17, 15) is 9.18 Å². The summed E-state index contributed by atoms with van der Waals surface area (Å²) in [6.07, 6.45) is 4.43. The van der Waals surface area contributed by atoms with Crippen LogP contribution in [-0.2, 0) is 4.74 Å². The second-order valence-corrected chi connectivity index (χ2v) is 5.52. The summed E-state index contributed by atoms with van der Waals surface area (Å²) < 4.78 is 18.5. The molecule has 110 valence electrons. The van der Waals surface area contributed by atoms with E-state index in [1.54, 1.807) is 0 Å². The third-order valence-corrected chi connectivity index (χ3v) is 4.06. The summed E-state index contributed by atoms with van der Waals surface area (Å²) in [5.74, 6) is -0.725. The zero-order valence-electron chi connectivity index (χ0n) is 11.6. The summed E-state index contributed by atoms with van der Waals surface area (Å²) >= 11 is 5.91. The van der Waals surface area contributed by atoms with E-state index in [0.717, 1.165) is 25.3 Å². The molecule has 0 radical (unpaired) electrons. The lowest BCUT2D eigenvalue weighted by molar-refractivity contribution is 0.0600. The van der Waals surface area contributed by atoms with Crippen molar-refractivity contribution in [2.75, 3.05) is 12.4 Å². The van der Waals surface area contributed by atoms with Gasteiger partial charge in [0.1, 0.15) is 10.7 Å². The molecule has 1 saturated carbocycles. The lowest BCUT2D eigenvalue weighted by Gasteiger charge is -2.30. The smallest absolute Gasteiger partial charge is 0.341 e. The molecule has 1 fully saturated rings. The molecule has 0 aliphatic heterocycles. The van der Waals surface area contributed by atoms with E-state index < -0.39 is 11.8 Å². The molecule has 1 heterocycles. The van der Waals surface area contributed by atoms with Crippen LogP contribution in [0.1, 0.15) is 43.0 Å². The number of pyridine rings is 1. The van der Waals surface area contributed by atoms with Gasteiger partial charge in [-0.1, -0.05) is 31.4 Å². The molecular weight excluding hydrogens is 283 g/mol. The van der Waals surface area contributed by atoms with Gasteiger partial charge in [-0.05, 0) is 24.8 Å². The number of nitrogens with zero attached hydrogens (tertiary/aromatic N) is 1. The Bertz CT molecular complexity index is 510. The fourth-order valence-electron chi connectivity index (χ4n) is 2.53. The van der Waals surface area contributed by atoms with Crippen LogP contribution in [-0.4, -0.2) is 24.1 Å². The molecule has 2 rings (SSSR count). The van der Waals surface area contributed by atoms with Crippen LogP contribution >= 0.6 is 11.6 Å². The molecule has 2 atom stereocenters. The molecule has 1 aliphatic carbocycles. The number of rotatable bonds is 3. The Morgan fingerprint density at radius 1 is 1.50 bits per heavy atom. The summed E-state index contributed by atoms with van der Waals surface area (Å²) in [4.78, 5) is 15.4. The number of carbonyl (C=O) groups excluding carboxylic acids is 1. The molecule has 0 saturated heterocycles. The maximum atomic E-state index is 14.0. The van der Waals surface area contributed by atoms with Crippen molar-refractivity contribution in [2.45, 2.75) is 38.6 Å². The Hall–Kier alpha value is -1.36. The highest BCUT2D eigenvalue weighted by Gasteiger charge is 2.24. The second kappa shape index (κ2) is 6.39. The molecular formula is C14H18ClFN2O2. The monoisotopic (exact) mass is 300 g/mol. The standard InChI is InChI=1S/C14H18ClFN2O2/c1-8-5-3-4-6-11(8)17-13-10(16)7-9(12(15)18-13)14(19)20-2/h7-8,11H,3-6H2,1-2H3,(H,17,18)/t8-,11+/m0/s1. The Kier molecular flexibility index (Phi) is 4.81. The number of esters is 1. The molecule has 4 nitrogen and oxygen atoms in total. The number of nitrogens with one attached hydrogen (secondary N) is 1. The van der Waals surface area contributed by atoms with Gasteiger partial charge in [0.05, 0.1) is 7.11 Å². The number of hydrogen-bond acceptors (Lipinski definition) is 4. The van der Waals surface area contributed by atoms with Gasteiger partial charge in [-0.25, -0.2) is 14.2 Å². The third kappa shape index (κ3) is 3.20. The van der Waals surface area contributed by atoms with Crippen LogP contribution in [0.3, 0.4) is 0 Å². The minimum atomic E-state index is -0.695. The van der Waals surface area contributed by atoms with Gasteiger partial charge in [0, 0.05) is 6.04 Å². The summed E-state index contributed by atoms with van der Waals surface area (Å²) in [6.45, 7) is 2.14. The fourth-order valence-corrected chi connectivity index (χ4v) is 2.74. The molecule has 0 spiro atoms.